The molecule has 2 saturated heterocycles. The molecule has 176 valence electrons. The Morgan fingerprint density at radius 2 is 1.73 bits per heavy atom. The molecule has 2 aliphatic heterocycles. The Kier molecular flexibility index (Phi) is 7.29. The monoisotopic (exact) mass is 474 g/mol. The summed E-state index contributed by atoms with van der Waals surface area (Å²) < 4.78 is 13.0. The van der Waals surface area contributed by atoms with Gasteiger partial charge in [0.2, 0.25) is 15.9 Å². The van der Waals surface area contributed by atoms with Crippen LogP contribution >= 0.6 is 11.3 Å². The first-order valence-corrected chi connectivity index (χ1v) is 12.0. The lowest BCUT2D eigenvalue weighted by Gasteiger charge is -2.38. The molecule has 1 atom stereocenters. The Balaban J connectivity index is 1.35. The lowest BCUT2D eigenvalue weighted by Crippen LogP contribution is -2.52. The van der Waals surface area contributed by atoms with Crippen LogP contribution in [0.4, 0.5) is 10.1 Å². The molecular formula is C22H27FN6O3S. The third kappa shape index (κ3) is 5.53. The predicted octanol–water partition coefficient (Wildman–Crippen LogP) is 1.95. The topological polar surface area (TPSA) is 98.7 Å². The van der Waals surface area contributed by atoms with E-state index in [1.807, 2.05) is 4.90 Å². The highest BCUT2D eigenvalue weighted by Crippen LogP contribution is 2.23. The minimum Gasteiger partial charge on any atom is -0.340 e. The fourth-order valence-electron chi connectivity index (χ4n) is 4.16. The highest BCUT2D eigenvalue weighted by atomic mass is 32.1. The molecule has 11 heteroatoms. The second-order valence-electron chi connectivity index (χ2n) is 8.22. The Bertz CT molecular complexity index is 1010. The summed E-state index contributed by atoms with van der Waals surface area (Å²) in [4.78, 5) is 44.3. The van der Waals surface area contributed by atoms with Gasteiger partial charge in [-0.2, -0.15) is 0 Å². The number of hydrogen-bond acceptors (Lipinski definition) is 7. The van der Waals surface area contributed by atoms with Crippen LogP contribution in [0.3, 0.4) is 0 Å². The molecular weight excluding hydrogens is 447 g/mol. The SMILES string of the molecule is CCN1CCN(C(=O)[C@H]2CCCN(C(=O)c3nnc(C(=O)Nc4ccc(F)cc4)s3)C2)CC1. The number of piperazine rings is 1. The first kappa shape index (κ1) is 23.2. The van der Waals surface area contributed by atoms with Crippen molar-refractivity contribution >= 4 is 34.7 Å². The van der Waals surface area contributed by atoms with Gasteiger partial charge >= 0.3 is 0 Å². The van der Waals surface area contributed by atoms with E-state index in [1.54, 1.807) is 4.90 Å². The van der Waals surface area contributed by atoms with Crippen molar-refractivity contribution in [2.45, 2.75) is 19.8 Å². The van der Waals surface area contributed by atoms with Gasteiger partial charge in [-0.25, -0.2) is 4.39 Å². The van der Waals surface area contributed by atoms with Gasteiger partial charge in [0.25, 0.3) is 11.8 Å². The summed E-state index contributed by atoms with van der Waals surface area (Å²) in [5.41, 5.74) is 0.418. The number of anilines is 1. The molecule has 0 radical (unpaired) electrons. The fraction of sp³-hybridized carbons (Fsp3) is 0.500. The molecule has 33 heavy (non-hydrogen) atoms. The van der Waals surface area contributed by atoms with E-state index in [-0.39, 0.29) is 27.7 Å². The number of likely N-dealkylation sites (tertiary alicyclic amines) is 1. The van der Waals surface area contributed by atoms with E-state index >= 15 is 0 Å². The van der Waals surface area contributed by atoms with E-state index in [2.05, 4.69) is 27.3 Å². The standard InChI is InChI=1S/C22H27FN6O3S/c1-2-27-10-12-28(13-11-27)21(31)15-4-3-9-29(14-15)22(32)20-26-25-19(33-20)18(30)24-17-7-5-16(23)6-8-17/h5-8,15H,2-4,9-14H2,1H3,(H,24,30)/t15-/m0/s1. The highest BCUT2D eigenvalue weighted by molar-refractivity contribution is 7.15. The number of halogens is 1. The van der Waals surface area contributed by atoms with E-state index in [4.69, 9.17) is 0 Å². The van der Waals surface area contributed by atoms with Gasteiger partial charge in [-0.05, 0) is 43.7 Å². The summed E-state index contributed by atoms with van der Waals surface area (Å²) >= 11 is 0.905. The van der Waals surface area contributed by atoms with Gasteiger partial charge in [0.1, 0.15) is 5.82 Å². The van der Waals surface area contributed by atoms with Gasteiger partial charge in [-0.1, -0.05) is 18.3 Å². The van der Waals surface area contributed by atoms with Crippen LogP contribution in [0.2, 0.25) is 0 Å². The molecule has 0 bridgehead atoms. The van der Waals surface area contributed by atoms with Crippen molar-refractivity contribution in [3.63, 3.8) is 0 Å². The van der Waals surface area contributed by atoms with Crippen LogP contribution in [0.25, 0.3) is 0 Å². The molecule has 0 unspecified atom stereocenters. The summed E-state index contributed by atoms with van der Waals surface area (Å²) in [5, 5.41) is 10.5. The van der Waals surface area contributed by atoms with E-state index in [0.29, 0.717) is 18.8 Å². The first-order chi connectivity index (χ1) is 15.9. The zero-order valence-electron chi connectivity index (χ0n) is 18.5. The second-order valence-corrected chi connectivity index (χ2v) is 9.20. The number of carbonyl (C=O) groups excluding carboxylic acids is 3. The molecule has 1 aromatic carbocycles. The lowest BCUT2D eigenvalue weighted by atomic mass is 9.96. The summed E-state index contributed by atoms with van der Waals surface area (Å²) in [5.74, 6) is -1.35. The Hall–Kier alpha value is -2.92. The Labute approximate surface area is 195 Å². The largest absolute Gasteiger partial charge is 0.340 e. The van der Waals surface area contributed by atoms with Crippen molar-refractivity contribution in [2.75, 3.05) is 51.1 Å². The molecule has 3 heterocycles. The van der Waals surface area contributed by atoms with Crippen molar-refractivity contribution in [1.29, 1.82) is 0 Å². The molecule has 2 aliphatic rings. The number of hydrogen-bond donors (Lipinski definition) is 1. The highest BCUT2D eigenvalue weighted by Gasteiger charge is 2.34. The molecule has 4 rings (SSSR count). The van der Waals surface area contributed by atoms with Gasteiger partial charge in [0.15, 0.2) is 0 Å². The molecule has 0 aliphatic carbocycles. The van der Waals surface area contributed by atoms with Gasteiger partial charge in [-0.3, -0.25) is 14.4 Å². The van der Waals surface area contributed by atoms with Crippen LogP contribution in [-0.4, -0.2) is 88.4 Å². The number of nitrogens with one attached hydrogen (secondary N) is 1. The van der Waals surface area contributed by atoms with Crippen molar-refractivity contribution < 1.29 is 18.8 Å². The quantitative estimate of drug-likeness (QED) is 0.711. The summed E-state index contributed by atoms with van der Waals surface area (Å²) in [6.07, 6.45) is 1.51. The number of piperidine rings is 1. The zero-order valence-corrected chi connectivity index (χ0v) is 19.3. The van der Waals surface area contributed by atoms with Crippen LogP contribution in [-0.2, 0) is 4.79 Å². The fourth-order valence-corrected chi connectivity index (χ4v) is 4.87. The summed E-state index contributed by atoms with van der Waals surface area (Å²) in [6.45, 7) is 7.20. The van der Waals surface area contributed by atoms with E-state index < -0.39 is 11.7 Å². The molecule has 3 amide bonds. The normalized spacial score (nSPS) is 19.4. The van der Waals surface area contributed by atoms with Crippen molar-refractivity contribution in [2.24, 2.45) is 5.92 Å². The number of nitrogens with zero attached hydrogens (tertiary/aromatic N) is 5. The number of rotatable bonds is 5. The smallest absolute Gasteiger partial charge is 0.286 e. The number of carbonyl (C=O) groups is 3. The van der Waals surface area contributed by atoms with Crippen LogP contribution in [0.1, 0.15) is 39.4 Å². The third-order valence-corrected chi connectivity index (χ3v) is 7.00. The van der Waals surface area contributed by atoms with E-state index in [0.717, 1.165) is 56.9 Å². The van der Waals surface area contributed by atoms with Crippen LogP contribution < -0.4 is 5.32 Å². The van der Waals surface area contributed by atoms with Crippen LogP contribution in [0.5, 0.6) is 0 Å². The van der Waals surface area contributed by atoms with Gasteiger partial charge in [0, 0.05) is 45.0 Å². The van der Waals surface area contributed by atoms with Gasteiger partial charge in [0.05, 0.1) is 5.92 Å². The second kappa shape index (κ2) is 10.3. The molecule has 1 aromatic heterocycles. The van der Waals surface area contributed by atoms with Gasteiger partial charge < -0.3 is 20.0 Å². The van der Waals surface area contributed by atoms with Gasteiger partial charge in [-0.15, -0.1) is 10.2 Å². The van der Waals surface area contributed by atoms with Crippen LogP contribution in [0, 0.1) is 11.7 Å². The first-order valence-electron chi connectivity index (χ1n) is 11.2. The molecule has 2 aromatic rings. The van der Waals surface area contributed by atoms with E-state index in [9.17, 15) is 18.8 Å². The molecule has 0 spiro atoms. The molecule has 2 fully saturated rings. The minimum absolute atomic E-state index is 0.0427. The number of amides is 3. The lowest BCUT2D eigenvalue weighted by molar-refractivity contribution is -0.138. The van der Waals surface area contributed by atoms with Crippen LogP contribution in [0.15, 0.2) is 24.3 Å². The Morgan fingerprint density at radius 3 is 2.42 bits per heavy atom. The zero-order chi connectivity index (χ0) is 23.4. The molecule has 1 N–H and O–H groups in total. The minimum atomic E-state index is -0.518. The number of likely N-dealkylation sites (N-methyl/N-ethyl adjacent to an activating group) is 1. The maximum Gasteiger partial charge on any atom is 0.286 e. The molecule has 0 saturated carbocycles. The van der Waals surface area contributed by atoms with Crippen molar-refractivity contribution in [3.05, 3.63) is 40.1 Å². The average Bonchev–Trinajstić information content (AvgIpc) is 3.35. The number of aromatic nitrogens is 2. The van der Waals surface area contributed by atoms with Crippen molar-refractivity contribution in [1.82, 2.24) is 24.9 Å². The third-order valence-electron chi connectivity index (χ3n) is 6.09. The number of benzene rings is 1. The van der Waals surface area contributed by atoms with Crippen molar-refractivity contribution in [3.8, 4) is 0 Å². The average molecular weight is 475 g/mol. The Morgan fingerprint density at radius 1 is 1.03 bits per heavy atom. The maximum absolute atomic E-state index is 13.0. The predicted molar refractivity (Wildman–Crippen MR) is 122 cm³/mol. The maximum atomic E-state index is 13.0. The summed E-state index contributed by atoms with van der Waals surface area (Å²) in [7, 11) is 0. The molecule has 9 nitrogen and oxygen atoms in total. The summed E-state index contributed by atoms with van der Waals surface area (Å²) in [6, 6.07) is 5.35. The van der Waals surface area contributed by atoms with E-state index in [1.165, 1.54) is 24.3 Å².